The van der Waals surface area contributed by atoms with Crippen molar-refractivity contribution >= 4 is 17.9 Å². The average Bonchev–Trinajstić information content (AvgIpc) is 3.27. The summed E-state index contributed by atoms with van der Waals surface area (Å²) in [6.45, 7) is 6.22. The maximum Gasteiger partial charge on any atom is 0.306 e. The molecular weight excluding hydrogens is 769 g/mol. The summed E-state index contributed by atoms with van der Waals surface area (Å²) in [6.07, 6.45) is 68.8. The molecule has 6 nitrogen and oxygen atoms in total. The van der Waals surface area contributed by atoms with Crippen LogP contribution in [0.4, 0.5) is 0 Å². The molecule has 6 heteroatoms. The van der Waals surface area contributed by atoms with Gasteiger partial charge in [0.1, 0.15) is 13.2 Å². The lowest BCUT2D eigenvalue weighted by Crippen LogP contribution is -2.30. The van der Waals surface area contributed by atoms with Crippen molar-refractivity contribution in [2.45, 2.75) is 187 Å². The van der Waals surface area contributed by atoms with Crippen molar-refractivity contribution in [3.63, 3.8) is 0 Å². The summed E-state index contributed by atoms with van der Waals surface area (Å²) in [4.78, 5) is 37.8. The van der Waals surface area contributed by atoms with E-state index in [0.29, 0.717) is 25.7 Å². The molecule has 1 unspecified atom stereocenters. The second-order valence-electron chi connectivity index (χ2n) is 15.4. The van der Waals surface area contributed by atoms with Crippen LogP contribution in [0.15, 0.2) is 134 Å². The van der Waals surface area contributed by atoms with Crippen LogP contribution in [0.3, 0.4) is 0 Å². The van der Waals surface area contributed by atoms with Gasteiger partial charge in [0.25, 0.3) is 0 Å². The summed E-state index contributed by atoms with van der Waals surface area (Å²) in [5.74, 6) is -1.11. The van der Waals surface area contributed by atoms with Gasteiger partial charge in [-0.25, -0.2) is 0 Å². The zero-order chi connectivity index (χ0) is 45.1. The molecule has 0 N–H and O–H groups in total. The minimum absolute atomic E-state index is 0.133. The standard InChI is InChI=1S/C56H86O6/c1-4-7-10-13-16-19-22-25-26-27-28-29-30-32-34-37-40-43-46-49-55(58)61-52-53(51-60-54(57)48-45-42-39-36-33-24-21-18-15-12-9-6-3)62-56(59)50-47-44-41-38-35-31-23-20-17-14-11-8-5-2/h7-8,10-11,14,16-17,19-20,23,25-26,28-29,31-32,34-35,38,40-41,43,53H,4-6,9,12-13,15,18,21-22,24,27,30,33,36-37,39,42,44-52H2,1-3H3/b10-7-,11-8-,17-14-,19-16-,23-20-,26-25-,29-28-,34-32-,35-31-,41-38-,43-40-. The van der Waals surface area contributed by atoms with Crippen LogP contribution in [0.25, 0.3) is 0 Å². The molecule has 0 amide bonds. The molecule has 0 saturated heterocycles. The third kappa shape index (κ3) is 46.6. The fourth-order valence-electron chi connectivity index (χ4n) is 5.97. The first kappa shape index (κ1) is 57.5. The SMILES string of the molecule is CC\C=C/C=C\C=C/C=C\C=C/CCCC(=O)OC(COC(=O)CC/C=C\C/C=C\C/C=C\C/C=C\C/C=C\C/C=C\CC)COC(=O)CCCCCCCCCCCCCC. The molecule has 1 atom stereocenters. The molecule has 0 bridgehead atoms. The van der Waals surface area contributed by atoms with Crippen LogP contribution >= 0.6 is 0 Å². The van der Waals surface area contributed by atoms with E-state index >= 15 is 0 Å². The van der Waals surface area contributed by atoms with Gasteiger partial charge in [0, 0.05) is 19.3 Å². The molecular formula is C56H86O6. The maximum atomic E-state index is 12.7. The van der Waals surface area contributed by atoms with Crippen molar-refractivity contribution in [2.75, 3.05) is 13.2 Å². The number of ether oxygens (including phenoxy) is 3. The third-order valence-corrected chi connectivity index (χ3v) is 9.54. The van der Waals surface area contributed by atoms with Gasteiger partial charge in [-0.15, -0.1) is 0 Å². The summed E-state index contributed by atoms with van der Waals surface area (Å²) in [5, 5.41) is 0. The first-order chi connectivity index (χ1) is 30.5. The number of carbonyl (C=O) groups excluding carboxylic acids is 3. The molecule has 62 heavy (non-hydrogen) atoms. The first-order valence-electron chi connectivity index (χ1n) is 24.3. The molecule has 0 aromatic carbocycles. The van der Waals surface area contributed by atoms with E-state index in [2.05, 4.69) is 87.6 Å². The van der Waals surface area contributed by atoms with Crippen molar-refractivity contribution in [3.8, 4) is 0 Å². The summed E-state index contributed by atoms with van der Waals surface area (Å²) in [5.41, 5.74) is 0. The molecule has 0 spiro atoms. The van der Waals surface area contributed by atoms with Gasteiger partial charge in [0.2, 0.25) is 0 Å². The smallest absolute Gasteiger partial charge is 0.306 e. The Kier molecular flexibility index (Phi) is 45.7. The lowest BCUT2D eigenvalue weighted by atomic mass is 10.0. The Labute approximate surface area is 379 Å². The van der Waals surface area contributed by atoms with E-state index in [1.54, 1.807) is 0 Å². The third-order valence-electron chi connectivity index (χ3n) is 9.54. The van der Waals surface area contributed by atoms with Gasteiger partial charge < -0.3 is 14.2 Å². The number of allylic oxidation sites excluding steroid dienone is 22. The zero-order valence-corrected chi connectivity index (χ0v) is 39.3. The second-order valence-corrected chi connectivity index (χ2v) is 15.4. The topological polar surface area (TPSA) is 78.9 Å². The number of rotatable bonds is 41. The van der Waals surface area contributed by atoms with Crippen LogP contribution in [-0.4, -0.2) is 37.2 Å². The van der Waals surface area contributed by atoms with Gasteiger partial charge in [-0.05, 0) is 70.6 Å². The van der Waals surface area contributed by atoms with Gasteiger partial charge >= 0.3 is 17.9 Å². The van der Waals surface area contributed by atoms with Gasteiger partial charge in [-0.2, -0.15) is 0 Å². The molecule has 0 aromatic heterocycles. The minimum Gasteiger partial charge on any atom is -0.462 e. The number of unbranched alkanes of at least 4 members (excludes halogenated alkanes) is 12. The predicted molar refractivity (Wildman–Crippen MR) is 265 cm³/mol. The Balaban J connectivity index is 4.61. The van der Waals surface area contributed by atoms with Gasteiger partial charge in [0.15, 0.2) is 6.10 Å². The van der Waals surface area contributed by atoms with Crippen molar-refractivity contribution in [2.24, 2.45) is 0 Å². The summed E-state index contributed by atoms with van der Waals surface area (Å²) >= 11 is 0. The van der Waals surface area contributed by atoms with Crippen LogP contribution < -0.4 is 0 Å². The molecule has 0 fully saturated rings. The van der Waals surface area contributed by atoms with E-state index in [-0.39, 0.29) is 38.0 Å². The molecule has 0 aromatic rings. The highest BCUT2D eigenvalue weighted by Gasteiger charge is 2.19. The number of esters is 3. The largest absolute Gasteiger partial charge is 0.462 e. The van der Waals surface area contributed by atoms with Crippen molar-refractivity contribution < 1.29 is 28.6 Å². The highest BCUT2D eigenvalue weighted by atomic mass is 16.6. The average molecular weight is 855 g/mol. The fraction of sp³-hybridized carbons (Fsp3) is 0.554. The lowest BCUT2D eigenvalue weighted by Gasteiger charge is -2.18. The predicted octanol–water partition coefficient (Wildman–Crippen LogP) is 15.9. The highest BCUT2D eigenvalue weighted by molar-refractivity contribution is 5.71. The van der Waals surface area contributed by atoms with Crippen molar-refractivity contribution in [1.29, 1.82) is 0 Å². The molecule has 0 aliphatic rings. The monoisotopic (exact) mass is 855 g/mol. The fourth-order valence-corrected chi connectivity index (χ4v) is 5.97. The Morgan fingerprint density at radius 3 is 1.23 bits per heavy atom. The molecule has 346 valence electrons. The van der Waals surface area contributed by atoms with Crippen LogP contribution in [0.5, 0.6) is 0 Å². The van der Waals surface area contributed by atoms with Crippen molar-refractivity contribution in [3.05, 3.63) is 134 Å². The Morgan fingerprint density at radius 2 is 0.742 bits per heavy atom. The Hall–Kier alpha value is -4.45. The zero-order valence-electron chi connectivity index (χ0n) is 39.3. The molecule has 0 aliphatic carbocycles. The van der Waals surface area contributed by atoms with Crippen LogP contribution in [0, 0.1) is 0 Å². The van der Waals surface area contributed by atoms with Gasteiger partial charge in [0.05, 0.1) is 0 Å². The summed E-state index contributed by atoms with van der Waals surface area (Å²) in [6, 6.07) is 0. The summed E-state index contributed by atoms with van der Waals surface area (Å²) in [7, 11) is 0. The normalized spacial score (nSPS) is 13.3. The molecule has 0 saturated carbocycles. The molecule has 0 aliphatic heterocycles. The highest BCUT2D eigenvalue weighted by Crippen LogP contribution is 2.13. The molecule has 0 radical (unpaired) electrons. The Bertz CT molecular complexity index is 1400. The number of hydrogen-bond acceptors (Lipinski definition) is 6. The van der Waals surface area contributed by atoms with Crippen LogP contribution in [-0.2, 0) is 28.6 Å². The van der Waals surface area contributed by atoms with E-state index < -0.39 is 12.1 Å². The Morgan fingerprint density at radius 1 is 0.355 bits per heavy atom. The van der Waals surface area contributed by atoms with Gasteiger partial charge in [-0.3, -0.25) is 14.4 Å². The van der Waals surface area contributed by atoms with Gasteiger partial charge in [-0.1, -0.05) is 225 Å². The molecule has 0 rings (SSSR count). The maximum absolute atomic E-state index is 12.7. The van der Waals surface area contributed by atoms with E-state index in [4.69, 9.17) is 14.2 Å². The first-order valence-corrected chi connectivity index (χ1v) is 24.3. The van der Waals surface area contributed by atoms with Crippen molar-refractivity contribution in [1.82, 2.24) is 0 Å². The quantitative estimate of drug-likeness (QED) is 0.0200. The number of hydrogen-bond donors (Lipinski definition) is 0. The van der Waals surface area contributed by atoms with Crippen LogP contribution in [0.1, 0.15) is 181 Å². The molecule has 0 heterocycles. The van der Waals surface area contributed by atoms with E-state index in [0.717, 1.165) is 64.2 Å². The van der Waals surface area contributed by atoms with E-state index in [1.807, 2.05) is 66.8 Å². The second kappa shape index (κ2) is 49.2. The number of carbonyl (C=O) groups is 3. The summed E-state index contributed by atoms with van der Waals surface area (Å²) < 4.78 is 16.6. The van der Waals surface area contributed by atoms with Crippen LogP contribution in [0.2, 0.25) is 0 Å². The minimum atomic E-state index is -0.847. The van der Waals surface area contributed by atoms with E-state index in [1.165, 1.54) is 57.8 Å². The van der Waals surface area contributed by atoms with E-state index in [9.17, 15) is 14.4 Å². The lowest BCUT2D eigenvalue weighted by molar-refractivity contribution is -0.166.